The first-order chi connectivity index (χ1) is 24.4. The number of rotatable bonds is 12. The molecule has 0 bridgehead atoms. The van der Waals surface area contributed by atoms with Gasteiger partial charge in [0.25, 0.3) is 0 Å². The lowest BCUT2D eigenvalue weighted by Gasteiger charge is -2.22. The smallest absolute Gasteiger partial charge is 0.124 e. The summed E-state index contributed by atoms with van der Waals surface area (Å²) in [6.45, 7) is 14.1. The minimum absolute atomic E-state index is 0.233. The SMILES string of the molecule is C=C(CC1CCCCC1)Nc1cncc(/C(C)=C/C=c2/[nH]nc(-c3cc4c(-c5cc(F)cc(CCCN6CCCC6)c5)nccc4[nH]3)c2=C)c1. The second-order valence-corrected chi connectivity index (χ2v) is 14.2. The number of aromatic nitrogens is 5. The number of hydrogen-bond acceptors (Lipinski definition) is 5. The van der Waals surface area contributed by atoms with Crippen LogP contribution in [0.15, 0.2) is 73.3 Å². The van der Waals surface area contributed by atoms with Crippen molar-refractivity contribution in [2.45, 2.75) is 71.1 Å². The van der Waals surface area contributed by atoms with Gasteiger partial charge in [-0.3, -0.25) is 15.1 Å². The fourth-order valence-corrected chi connectivity index (χ4v) is 7.62. The fourth-order valence-electron chi connectivity index (χ4n) is 7.62. The van der Waals surface area contributed by atoms with Gasteiger partial charge in [-0.1, -0.05) is 51.3 Å². The van der Waals surface area contributed by atoms with Crippen LogP contribution in [0.25, 0.3) is 51.8 Å². The highest BCUT2D eigenvalue weighted by Gasteiger charge is 2.16. The van der Waals surface area contributed by atoms with Crippen LogP contribution in [0.1, 0.15) is 75.8 Å². The number of nitrogens with one attached hydrogen (secondary N) is 3. The highest BCUT2D eigenvalue weighted by molar-refractivity contribution is 5.96. The molecule has 0 atom stereocenters. The zero-order chi connectivity index (χ0) is 34.5. The Morgan fingerprint density at radius 2 is 1.88 bits per heavy atom. The summed E-state index contributed by atoms with van der Waals surface area (Å²) in [4.78, 5) is 15.2. The molecule has 1 saturated carbocycles. The van der Waals surface area contributed by atoms with Gasteiger partial charge in [-0.2, -0.15) is 5.10 Å². The van der Waals surface area contributed by atoms with Crippen LogP contribution in [-0.4, -0.2) is 49.7 Å². The van der Waals surface area contributed by atoms with Crippen LogP contribution in [0, 0.1) is 11.7 Å². The van der Waals surface area contributed by atoms with Crippen LogP contribution >= 0.6 is 0 Å². The number of halogens is 1. The molecule has 1 saturated heterocycles. The topological polar surface area (TPSA) is 85.5 Å². The van der Waals surface area contributed by atoms with Crippen LogP contribution < -0.4 is 15.9 Å². The Morgan fingerprint density at radius 3 is 2.72 bits per heavy atom. The molecular formula is C42H48FN7. The highest BCUT2D eigenvalue weighted by Crippen LogP contribution is 2.31. The first-order valence-electron chi connectivity index (χ1n) is 18.2. The lowest BCUT2D eigenvalue weighted by molar-refractivity contribution is 0.334. The Bertz CT molecular complexity index is 2110. The Morgan fingerprint density at radius 1 is 1.04 bits per heavy atom. The molecule has 7 rings (SSSR count). The van der Waals surface area contributed by atoms with Crippen molar-refractivity contribution >= 4 is 34.8 Å². The Labute approximate surface area is 294 Å². The van der Waals surface area contributed by atoms with Gasteiger partial charge in [-0.15, -0.1) is 0 Å². The molecule has 1 aliphatic heterocycles. The molecule has 0 unspecified atom stereocenters. The number of likely N-dealkylation sites (tertiary alicyclic amines) is 1. The van der Waals surface area contributed by atoms with Crippen LogP contribution in [-0.2, 0) is 6.42 Å². The maximum absolute atomic E-state index is 14.9. The number of fused-ring (bicyclic) bond motifs is 1. The van der Waals surface area contributed by atoms with Crippen molar-refractivity contribution in [1.29, 1.82) is 0 Å². The second kappa shape index (κ2) is 15.4. The fraction of sp³-hybridized carbons (Fsp3) is 0.357. The molecule has 2 fully saturated rings. The van der Waals surface area contributed by atoms with E-state index in [9.17, 15) is 4.39 Å². The summed E-state index contributed by atoms with van der Waals surface area (Å²) >= 11 is 0. The van der Waals surface area contributed by atoms with Crippen LogP contribution in [0.3, 0.4) is 0 Å². The van der Waals surface area contributed by atoms with Crippen LogP contribution in [0.2, 0.25) is 0 Å². The van der Waals surface area contributed by atoms with Gasteiger partial charge >= 0.3 is 0 Å². The van der Waals surface area contributed by atoms with E-state index < -0.39 is 0 Å². The first-order valence-corrected chi connectivity index (χ1v) is 18.2. The van der Waals surface area contributed by atoms with Crippen molar-refractivity contribution in [3.63, 3.8) is 0 Å². The van der Waals surface area contributed by atoms with E-state index in [-0.39, 0.29) is 5.82 Å². The predicted molar refractivity (Wildman–Crippen MR) is 204 cm³/mol. The number of nitrogens with zero attached hydrogens (tertiary/aromatic N) is 4. The highest BCUT2D eigenvalue weighted by atomic mass is 19.1. The molecule has 5 aromatic rings. The third kappa shape index (κ3) is 7.97. The summed E-state index contributed by atoms with van der Waals surface area (Å²) in [7, 11) is 0. The molecule has 50 heavy (non-hydrogen) atoms. The van der Waals surface area contributed by atoms with Gasteiger partial charge < -0.3 is 15.2 Å². The van der Waals surface area contributed by atoms with Gasteiger partial charge in [-0.25, -0.2) is 4.39 Å². The number of hydrogen-bond donors (Lipinski definition) is 3. The monoisotopic (exact) mass is 669 g/mol. The van der Waals surface area contributed by atoms with Gasteiger partial charge in [-0.05, 0) is 124 Å². The minimum Gasteiger partial charge on any atom is -0.358 e. The maximum Gasteiger partial charge on any atom is 0.124 e. The van der Waals surface area contributed by atoms with Gasteiger partial charge in [0.05, 0.1) is 28.6 Å². The lowest BCUT2D eigenvalue weighted by atomic mass is 9.86. The van der Waals surface area contributed by atoms with Gasteiger partial charge in [0.1, 0.15) is 11.5 Å². The molecule has 0 amide bonds. The van der Waals surface area contributed by atoms with E-state index in [2.05, 4.69) is 68.7 Å². The predicted octanol–water partition coefficient (Wildman–Crippen LogP) is 8.37. The standard InChI is InChI=1S/C42H48FN7/c1-28(34-24-36(27-44-26-34)46-29(2)20-31-10-5-4-6-11-31)13-14-38-30(3)41(49-48-38)40-25-37-39(47-40)15-16-45-42(37)33-21-32(22-35(43)23-33)12-9-19-50-17-7-8-18-50/h13-16,21-27,31,46-48H,2-12,17-20H2,1H3/b28-13+,38-14+. The first kappa shape index (κ1) is 33.7. The van der Waals surface area contributed by atoms with Crippen LogP contribution in [0.5, 0.6) is 0 Å². The molecule has 0 radical (unpaired) electrons. The molecule has 1 aliphatic carbocycles. The molecule has 2 aliphatic rings. The Kier molecular flexibility index (Phi) is 10.4. The van der Waals surface area contributed by atoms with E-state index in [1.807, 2.05) is 30.6 Å². The third-order valence-corrected chi connectivity index (χ3v) is 10.3. The van der Waals surface area contributed by atoms with Crippen molar-refractivity contribution in [1.82, 2.24) is 30.0 Å². The molecule has 7 nitrogen and oxygen atoms in total. The average molecular weight is 670 g/mol. The molecular weight excluding hydrogens is 622 g/mol. The molecule has 5 heterocycles. The quantitative estimate of drug-likeness (QED) is 0.124. The van der Waals surface area contributed by atoms with E-state index in [1.54, 1.807) is 18.3 Å². The number of aryl methyl sites for hydroxylation is 1. The summed E-state index contributed by atoms with van der Waals surface area (Å²) in [5.74, 6) is 0.499. The zero-order valence-corrected chi connectivity index (χ0v) is 29.2. The summed E-state index contributed by atoms with van der Waals surface area (Å²) in [5, 5.41) is 13.8. The summed E-state index contributed by atoms with van der Waals surface area (Å²) < 4.78 is 14.9. The van der Waals surface area contributed by atoms with E-state index in [0.717, 1.165) is 104 Å². The second-order valence-electron chi connectivity index (χ2n) is 14.2. The van der Waals surface area contributed by atoms with Crippen LogP contribution in [0.4, 0.5) is 10.1 Å². The summed E-state index contributed by atoms with van der Waals surface area (Å²) in [6.07, 6.45) is 21.6. The zero-order valence-electron chi connectivity index (χ0n) is 29.2. The molecule has 4 aromatic heterocycles. The van der Waals surface area contributed by atoms with Crippen molar-refractivity contribution in [2.24, 2.45) is 5.92 Å². The number of benzene rings is 1. The third-order valence-electron chi connectivity index (χ3n) is 10.3. The number of anilines is 1. The lowest BCUT2D eigenvalue weighted by Crippen LogP contribution is -2.21. The van der Waals surface area contributed by atoms with Gasteiger partial charge in [0, 0.05) is 39.8 Å². The molecule has 8 heteroatoms. The maximum atomic E-state index is 14.9. The number of H-pyrrole nitrogens is 2. The Hall–Kier alpha value is -4.82. The largest absolute Gasteiger partial charge is 0.358 e. The van der Waals surface area contributed by atoms with E-state index in [4.69, 9.17) is 4.98 Å². The van der Waals surface area contributed by atoms with E-state index in [1.165, 1.54) is 58.0 Å². The number of allylic oxidation sites excluding steroid dienone is 3. The van der Waals surface area contributed by atoms with E-state index in [0.29, 0.717) is 0 Å². The summed E-state index contributed by atoms with van der Waals surface area (Å²) in [5.41, 5.74) is 9.12. The van der Waals surface area contributed by atoms with Crippen molar-refractivity contribution in [2.75, 3.05) is 25.0 Å². The van der Waals surface area contributed by atoms with Gasteiger partial charge in [0.15, 0.2) is 0 Å². The summed E-state index contributed by atoms with van der Waals surface area (Å²) in [6, 6.07) is 11.4. The molecule has 0 spiro atoms. The van der Waals surface area contributed by atoms with Crippen molar-refractivity contribution in [3.8, 4) is 22.6 Å². The number of pyridine rings is 2. The molecule has 3 N–H and O–H groups in total. The van der Waals surface area contributed by atoms with Crippen molar-refractivity contribution in [3.05, 3.63) is 101 Å². The normalized spacial score (nSPS) is 16.4. The average Bonchev–Trinajstić information content (AvgIpc) is 3.88. The minimum atomic E-state index is -0.233. The van der Waals surface area contributed by atoms with Crippen molar-refractivity contribution < 1.29 is 4.39 Å². The Balaban J connectivity index is 1.07. The van der Waals surface area contributed by atoms with Gasteiger partial charge in [0.2, 0.25) is 0 Å². The molecule has 258 valence electrons. The number of aromatic amines is 2. The molecule has 1 aromatic carbocycles. The van der Waals surface area contributed by atoms with E-state index >= 15 is 0 Å².